The van der Waals surface area contributed by atoms with Gasteiger partial charge in [0.2, 0.25) is 0 Å². The Morgan fingerprint density at radius 2 is 1.17 bits per heavy atom. The molecule has 0 aromatic heterocycles. The van der Waals surface area contributed by atoms with Crippen molar-refractivity contribution in [1.82, 2.24) is 0 Å². The standard InChI is InChI=1S/C20H26N2.ClH/c1-14-12-16(6-8-18(14)21)20(10-4-3-5-11-20)17-7-9-19(22)15(2)13-17;/h6-9,12-13H,3-5,10-11,21-22H2,1-2H3;1H. The first-order chi connectivity index (χ1) is 10.5. The van der Waals surface area contributed by atoms with Crippen LogP contribution in [-0.4, -0.2) is 0 Å². The van der Waals surface area contributed by atoms with Gasteiger partial charge in [0.05, 0.1) is 0 Å². The van der Waals surface area contributed by atoms with Gasteiger partial charge in [-0.05, 0) is 61.1 Å². The van der Waals surface area contributed by atoms with E-state index in [9.17, 15) is 0 Å². The number of anilines is 2. The second-order valence-corrected chi connectivity index (χ2v) is 6.79. The van der Waals surface area contributed by atoms with Gasteiger partial charge in [0, 0.05) is 16.8 Å². The molecular formula is C20H27ClN2. The molecule has 0 unspecified atom stereocenters. The largest absolute Gasteiger partial charge is 0.399 e. The smallest absolute Gasteiger partial charge is 0.0343 e. The van der Waals surface area contributed by atoms with E-state index in [2.05, 4.69) is 50.2 Å². The number of halogens is 1. The Hall–Kier alpha value is -1.67. The van der Waals surface area contributed by atoms with Gasteiger partial charge in [-0.1, -0.05) is 43.5 Å². The number of hydrogen-bond acceptors (Lipinski definition) is 2. The summed E-state index contributed by atoms with van der Waals surface area (Å²) < 4.78 is 0. The van der Waals surface area contributed by atoms with Crippen molar-refractivity contribution < 1.29 is 0 Å². The van der Waals surface area contributed by atoms with Gasteiger partial charge in [-0.15, -0.1) is 12.4 Å². The van der Waals surface area contributed by atoms with Crippen LogP contribution in [0.3, 0.4) is 0 Å². The maximum atomic E-state index is 6.03. The minimum atomic E-state index is 0. The summed E-state index contributed by atoms with van der Waals surface area (Å²) in [5.74, 6) is 0. The van der Waals surface area contributed by atoms with Crippen LogP contribution in [0.5, 0.6) is 0 Å². The normalized spacial score (nSPS) is 16.6. The highest BCUT2D eigenvalue weighted by molar-refractivity contribution is 5.85. The average Bonchev–Trinajstić information content (AvgIpc) is 2.53. The summed E-state index contributed by atoms with van der Waals surface area (Å²) in [5.41, 5.74) is 19.1. The maximum Gasteiger partial charge on any atom is 0.0343 e. The fraction of sp³-hybridized carbons (Fsp3) is 0.400. The molecule has 1 aliphatic rings. The zero-order chi connectivity index (χ0) is 15.7. The molecule has 0 amide bonds. The Morgan fingerprint density at radius 1 is 0.739 bits per heavy atom. The summed E-state index contributed by atoms with van der Waals surface area (Å²) in [5, 5.41) is 0. The van der Waals surface area contributed by atoms with Crippen LogP contribution in [0.4, 0.5) is 11.4 Å². The van der Waals surface area contributed by atoms with Crippen molar-refractivity contribution in [2.24, 2.45) is 0 Å². The van der Waals surface area contributed by atoms with Crippen molar-refractivity contribution in [1.29, 1.82) is 0 Å². The molecule has 0 spiro atoms. The van der Waals surface area contributed by atoms with E-state index < -0.39 is 0 Å². The summed E-state index contributed by atoms with van der Waals surface area (Å²) in [6.45, 7) is 4.20. The van der Waals surface area contributed by atoms with E-state index in [1.807, 2.05) is 0 Å². The van der Waals surface area contributed by atoms with E-state index in [4.69, 9.17) is 11.5 Å². The highest BCUT2D eigenvalue weighted by Gasteiger charge is 2.36. The number of nitrogen functional groups attached to an aromatic ring is 2. The molecule has 4 N–H and O–H groups in total. The monoisotopic (exact) mass is 330 g/mol. The summed E-state index contributed by atoms with van der Waals surface area (Å²) in [6.07, 6.45) is 6.32. The van der Waals surface area contributed by atoms with Crippen LogP contribution in [0.1, 0.15) is 54.4 Å². The average molecular weight is 331 g/mol. The molecule has 1 aliphatic carbocycles. The SMILES string of the molecule is Cc1cc(C2(c3ccc(N)c(C)c3)CCCCC2)ccc1N.Cl. The molecule has 0 saturated heterocycles. The first-order valence-electron chi connectivity index (χ1n) is 8.26. The topological polar surface area (TPSA) is 52.0 Å². The number of aryl methyl sites for hydroxylation is 2. The molecule has 0 atom stereocenters. The van der Waals surface area contributed by atoms with Crippen LogP contribution in [0.15, 0.2) is 36.4 Å². The predicted molar refractivity (Wildman–Crippen MR) is 102 cm³/mol. The van der Waals surface area contributed by atoms with E-state index in [1.165, 1.54) is 54.4 Å². The molecule has 1 saturated carbocycles. The molecule has 3 heteroatoms. The first kappa shape index (κ1) is 17.7. The molecule has 0 bridgehead atoms. The lowest BCUT2D eigenvalue weighted by molar-refractivity contribution is 0.346. The third-order valence-corrected chi connectivity index (χ3v) is 5.35. The van der Waals surface area contributed by atoms with Gasteiger partial charge in [0.1, 0.15) is 0 Å². The summed E-state index contributed by atoms with van der Waals surface area (Å²) in [4.78, 5) is 0. The number of rotatable bonds is 2. The fourth-order valence-corrected chi connectivity index (χ4v) is 3.85. The van der Waals surface area contributed by atoms with Crippen LogP contribution in [0.25, 0.3) is 0 Å². The summed E-state index contributed by atoms with van der Waals surface area (Å²) in [6, 6.07) is 13.1. The van der Waals surface area contributed by atoms with Crippen molar-refractivity contribution in [2.45, 2.75) is 51.4 Å². The Kier molecular flexibility index (Phi) is 5.26. The minimum Gasteiger partial charge on any atom is -0.399 e. The molecular weight excluding hydrogens is 304 g/mol. The van der Waals surface area contributed by atoms with Crippen LogP contribution in [-0.2, 0) is 5.41 Å². The molecule has 124 valence electrons. The van der Waals surface area contributed by atoms with E-state index >= 15 is 0 Å². The second kappa shape index (κ2) is 6.84. The molecule has 1 fully saturated rings. The molecule has 2 nitrogen and oxygen atoms in total. The van der Waals surface area contributed by atoms with E-state index in [1.54, 1.807) is 0 Å². The van der Waals surface area contributed by atoms with Crippen LogP contribution >= 0.6 is 12.4 Å². The van der Waals surface area contributed by atoms with Gasteiger partial charge in [0.15, 0.2) is 0 Å². The van der Waals surface area contributed by atoms with Crippen molar-refractivity contribution >= 4 is 23.8 Å². The van der Waals surface area contributed by atoms with Gasteiger partial charge < -0.3 is 11.5 Å². The number of hydrogen-bond donors (Lipinski definition) is 2. The highest BCUT2D eigenvalue weighted by Crippen LogP contribution is 2.45. The fourth-order valence-electron chi connectivity index (χ4n) is 3.85. The van der Waals surface area contributed by atoms with Crippen molar-refractivity contribution in [2.75, 3.05) is 11.5 Å². The van der Waals surface area contributed by atoms with Crippen LogP contribution < -0.4 is 11.5 Å². The number of benzene rings is 2. The second-order valence-electron chi connectivity index (χ2n) is 6.79. The molecule has 2 aromatic carbocycles. The van der Waals surface area contributed by atoms with Gasteiger partial charge in [-0.2, -0.15) is 0 Å². The van der Waals surface area contributed by atoms with Crippen molar-refractivity contribution in [3.05, 3.63) is 58.7 Å². The molecule has 23 heavy (non-hydrogen) atoms. The van der Waals surface area contributed by atoms with Crippen LogP contribution in [0.2, 0.25) is 0 Å². The Bertz CT molecular complexity index is 635. The molecule has 2 aromatic rings. The zero-order valence-electron chi connectivity index (χ0n) is 14.1. The Morgan fingerprint density at radius 3 is 1.57 bits per heavy atom. The summed E-state index contributed by atoms with van der Waals surface area (Å²) in [7, 11) is 0. The van der Waals surface area contributed by atoms with E-state index in [-0.39, 0.29) is 17.8 Å². The van der Waals surface area contributed by atoms with Crippen molar-refractivity contribution in [3.8, 4) is 0 Å². The lowest BCUT2D eigenvalue weighted by Gasteiger charge is -2.39. The van der Waals surface area contributed by atoms with Crippen LogP contribution in [0, 0.1) is 13.8 Å². The van der Waals surface area contributed by atoms with E-state index in [0.29, 0.717) is 0 Å². The Labute approximate surface area is 145 Å². The first-order valence-corrected chi connectivity index (χ1v) is 8.26. The lowest BCUT2D eigenvalue weighted by atomic mass is 9.65. The maximum absolute atomic E-state index is 6.03. The third-order valence-electron chi connectivity index (χ3n) is 5.35. The number of nitrogens with two attached hydrogens (primary N) is 2. The van der Waals surface area contributed by atoms with Gasteiger partial charge in [-0.3, -0.25) is 0 Å². The predicted octanol–water partition coefficient (Wildman–Crippen LogP) is 5.14. The zero-order valence-corrected chi connectivity index (χ0v) is 14.9. The lowest BCUT2D eigenvalue weighted by Crippen LogP contribution is -2.30. The quantitative estimate of drug-likeness (QED) is 0.749. The van der Waals surface area contributed by atoms with Gasteiger partial charge in [-0.25, -0.2) is 0 Å². The molecule has 0 heterocycles. The van der Waals surface area contributed by atoms with Gasteiger partial charge >= 0.3 is 0 Å². The Balaban J connectivity index is 0.00000192. The molecule has 0 radical (unpaired) electrons. The highest BCUT2D eigenvalue weighted by atomic mass is 35.5. The van der Waals surface area contributed by atoms with Gasteiger partial charge in [0.25, 0.3) is 0 Å². The summed E-state index contributed by atoms with van der Waals surface area (Å²) >= 11 is 0. The van der Waals surface area contributed by atoms with E-state index in [0.717, 1.165) is 11.4 Å². The van der Waals surface area contributed by atoms with Crippen molar-refractivity contribution in [3.63, 3.8) is 0 Å². The minimum absolute atomic E-state index is 0. The third kappa shape index (κ3) is 3.18. The molecule has 0 aliphatic heterocycles. The molecule has 3 rings (SSSR count).